The molecule has 0 radical (unpaired) electrons. The summed E-state index contributed by atoms with van der Waals surface area (Å²) in [6.07, 6.45) is 0. The first-order valence-electron chi connectivity index (χ1n) is 10.6. The zero-order valence-electron chi connectivity index (χ0n) is 18.8. The molecule has 162 valence electrons. The van der Waals surface area contributed by atoms with Gasteiger partial charge < -0.3 is 9.64 Å². The molecule has 0 saturated carbocycles. The lowest BCUT2D eigenvalue weighted by Crippen LogP contribution is -2.35. The Hall–Kier alpha value is -3.86. The fourth-order valence-corrected chi connectivity index (χ4v) is 4.15. The van der Waals surface area contributed by atoms with E-state index in [1.165, 1.54) is 4.90 Å². The highest BCUT2D eigenvalue weighted by atomic mass is 16.5. The van der Waals surface area contributed by atoms with E-state index in [0.29, 0.717) is 29.3 Å². The van der Waals surface area contributed by atoms with Crippen molar-refractivity contribution in [3.8, 4) is 5.75 Å². The summed E-state index contributed by atoms with van der Waals surface area (Å²) in [6, 6.07) is 22.6. The number of likely N-dealkylation sites (N-methyl/N-ethyl adjacent to an activating group) is 1. The molecule has 0 N–H and O–H groups in total. The van der Waals surface area contributed by atoms with Gasteiger partial charge in [-0.2, -0.15) is 0 Å². The summed E-state index contributed by atoms with van der Waals surface area (Å²) >= 11 is 0. The van der Waals surface area contributed by atoms with Crippen molar-refractivity contribution in [2.24, 2.45) is 0 Å². The van der Waals surface area contributed by atoms with Gasteiger partial charge in [0.2, 0.25) is 0 Å². The number of hydrogen-bond acceptors (Lipinski definition) is 4. The van der Waals surface area contributed by atoms with Crippen molar-refractivity contribution >= 4 is 28.8 Å². The Morgan fingerprint density at radius 3 is 2.16 bits per heavy atom. The first-order valence-corrected chi connectivity index (χ1v) is 10.6. The molecule has 0 spiro atoms. The molecule has 0 saturated heterocycles. The van der Waals surface area contributed by atoms with Gasteiger partial charge in [-0.05, 0) is 68.3 Å². The maximum Gasteiger partial charge on any atom is 0.282 e. The van der Waals surface area contributed by atoms with Crippen molar-refractivity contribution in [3.63, 3.8) is 0 Å². The number of imide groups is 1. The number of para-hydroxylation sites is 1. The van der Waals surface area contributed by atoms with Gasteiger partial charge in [-0.1, -0.05) is 42.0 Å². The van der Waals surface area contributed by atoms with Crippen molar-refractivity contribution in [1.29, 1.82) is 0 Å². The van der Waals surface area contributed by atoms with Gasteiger partial charge in [0, 0.05) is 12.2 Å². The fourth-order valence-electron chi connectivity index (χ4n) is 4.15. The van der Waals surface area contributed by atoms with Crippen molar-refractivity contribution in [2.45, 2.75) is 20.8 Å². The summed E-state index contributed by atoms with van der Waals surface area (Å²) in [7, 11) is 1.58. The molecule has 4 rings (SSSR count). The summed E-state index contributed by atoms with van der Waals surface area (Å²) in [4.78, 5) is 30.7. The monoisotopic (exact) mass is 426 g/mol. The van der Waals surface area contributed by atoms with Gasteiger partial charge in [0.05, 0.1) is 18.4 Å². The third kappa shape index (κ3) is 3.66. The van der Waals surface area contributed by atoms with E-state index in [0.717, 1.165) is 22.4 Å². The summed E-state index contributed by atoms with van der Waals surface area (Å²) in [5, 5.41) is 0. The zero-order valence-corrected chi connectivity index (χ0v) is 18.8. The summed E-state index contributed by atoms with van der Waals surface area (Å²) in [5.41, 5.74) is 5.04. The highest BCUT2D eigenvalue weighted by Gasteiger charge is 2.43. The Labute approximate surface area is 188 Å². The van der Waals surface area contributed by atoms with Crippen LogP contribution in [0.3, 0.4) is 0 Å². The number of hydrogen-bond donors (Lipinski definition) is 0. The number of methoxy groups -OCH3 is 1. The van der Waals surface area contributed by atoms with Gasteiger partial charge in [-0.15, -0.1) is 0 Å². The van der Waals surface area contributed by atoms with Crippen molar-refractivity contribution in [3.05, 3.63) is 95.2 Å². The standard InChI is InChI=1S/C27H26N2O3/c1-5-28(20-9-7-6-8-10-20)25-24(23-16-11-18(2)17-19(23)3)26(30)29(27(25)31)21-12-14-22(32-4)15-13-21/h6-17H,5H2,1-4H3. The topological polar surface area (TPSA) is 49.9 Å². The molecule has 5 nitrogen and oxygen atoms in total. The number of carbonyl (C=O) groups excluding carboxylic acids is 2. The molecular weight excluding hydrogens is 400 g/mol. The molecule has 0 aliphatic carbocycles. The second kappa shape index (κ2) is 8.71. The molecule has 0 unspecified atom stereocenters. The van der Waals surface area contributed by atoms with Crippen LogP contribution in [-0.4, -0.2) is 25.5 Å². The van der Waals surface area contributed by atoms with Crippen LogP contribution in [0.15, 0.2) is 78.5 Å². The third-order valence-corrected chi connectivity index (χ3v) is 5.70. The van der Waals surface area contributed by atoms with E-state index in [1.54, 1.807) is 31.4 Å². The van der Waals surface area contributed by atoms with Crippen LogP contribution in [0.25, 0.3) is 5.57 Å². The highest BCUT2D eigenvalue weighted by molar-refractivity contribution is 6.46. The lowest BCUT2D eigenvalue weighted by molar-refractivity contribution is -0.120. The number of anilines is 2. The molecule has 32 heavy (non-hydrogen) atoms. The number of aryl methyl sites for hydroxylation is 2. The molecule has 0 fully saturated rings. The molecular formula is C27H26N2O3. The Bertz CT molecular complexity index is 1200. The van der Waals surface area contributed by atoms with E-state index >= 15 is 0 Å². The second-order valence-corrected chi connectivity index (χ2v) is 7.77. The summed E-state index contributed by atoms with van der Waals surface area (Å²) in [5.74, 6) is 0.00689. The minimum atomic E-state index is -0.333. The lowest BCUT2D eigenvalue weighted by Gasteiger charge is -2.25. The molecule has 0 aromatic heterocycles. The molecule has 1 heterocycles. The van der Waals surface area contributed by atoms with E-state index in [4.69, 9.17) is 4.74 Å². The van der Waals surface area contributed by atoms with Gasteiger partial charge in [0.15, 0.2) is 0 Å². The molecule has 2 amide bonds. The smallest absolute Gasteiger partial charge is 0.282 e. The average Bonchev–Trinajstić information content (AvgIpc) is 3.05. The van der Waals surface area contributed by atoms with Crippen LogP contribution >= 0.6 is 0 Å². The molecule has 0 atom stereocenters. The first kappa shape index (κ1) is 21.4. The van der Waals surface area contributed by atoms with Gasteiger partial charge in [-0.25, -0.2) is 4.90 Å². The van der Waals surface area contributed by atoms with Crippen LogP contribution < -0.4 is 14.5 Å². The molecule has 1 aliphatic heterocycles. The Morgan fingerprint density at radius 1 is 0.875 bits per heavy atom. The van der Waals surface area contributed by atoms with Crippen molar-refractivity contribution < 1.29 is 14.3 Å². The number of amides is 2. The number of benzene rings is 3. The maximum atomic E-state index is 13.8. The van der Waals surface area contributed by atoms with Crippen LogP contribution in [0.1, 0.15) is 23.6 Å². The van der Waals surface area contributed by atoms with E-state index in [2.05, 4.69) is 0 Å². The van der Waals surface area contributed by atoms with Crippen molar-refractivity contribution in [1.82, 2.24) is 0 Å². The van der Waals surface area contributed by atoms with Gasteiger partial charge in [0.25, 0.3) is 11.8 Å². The van der Waals surface area contributed by atoms with Gasteiger partial charge >= 0.3 is 0 Å². The minimum absolute atomic E-state index is 0.323. The van der Waals surface area contributed by atoms with Gasteiger partial charge in [-0.3, -0.25) is 9.59 Å². The maximum absolute atomic E-state index is 13.8. The van der Waals surface area contributed by atoms with E-state index in [1.807, 2.05) is 74.2 Å². The lowest BCUT2D eigenvalue weighted by atomic mass is 9.97. The summed E-state index contributed by atoms with van der Waals surface area (Å²) < 4.78 is 5.23. The number of nitrogens with zero attached hydrogens (tertiary/aromatic N) is 2. The third-order valence-electron chi connectivity index (χ3n) is 5.70. The van der Waals surface area contributed by atoms with Crippen LogP contribution in [0.4, 0.5) is 11.4 Å². The predicted molar refractivity (Wildman–Crippen MR) is 128 cm³/mol. The Morgan fingerprint density at radius 2 is 1.56 bits per heavy atom. The Kier molecular flexibility index (Phi) is 5.82. The number of ether oxygens (including phenoxy) is 1. The normalized spacial score (nSPS) is 13.7. The fraction of sp³-hybridized carbons (Fsp3) is 0.185. The largest absolute Gasteiger partial charge is 0.497 e. The summed E-state index contributed by atoms with van der Waals surface area (Å²) in [6.45, 7) is 6.51. The second-order valence-electron chi connectivity index (χ2n) is 7.77. The Balaban J connectivity index is 1.91. The average molecular weight is 427 g/mol. The molecule has 0 bridgehead atoms. The minimum Gasteiger partial charge on any atom is -0.497 e. The molecule has 3 aromatic carbocycles. The predicted octanol–water partition coefficient (Wildman–Crippen LogP) is 5.12. The molecule has 3 aromatic rings. The molecule has 1 aliphatic rings. The van der Waals surface area contributed by atoms with Crippen LogP contribution in [-0.2, 0) is 9.59 Å². The van der Waals surface area contributed by atoms with E-state index < -0.39 is 0 Å². The van der Waals surface area contributed by atoms with Crippen LogP contribution in [0, 0.1) is 13.8 Å². The van der Waals surface area contributed by atoms with Gasteiger partial charge in [0.1, 0.15) is 11.4 Å². The van der Waals surface area contributed by atoms with Crippen LogP contribution in [0.2, 0.25) is 0 Å². The zero-order chi connectivity index (χ0) is 22.8. The number of rotatable bonds is 6. The van der Waals surface area contributed by atoms with Crippen molar-refractivity contribution in [2.75, 3.05) is 23.5 Å². The van der Waals surface area contributed by atoms with E-state index in [9.17, 15) is 9.59 Å². The molecule has 5 heteroatoms. The number of carbonyl (C=O) groups is 2. The van der Waals surface area contributed by atoms with Crippen LogP contribution in [0.5, 0.6) is 5.75 Å². The quantitative estimate of drug-likeness (QED) is 0.513. The first-order chi connectivity index (χ1) is 15.5. The SMILES string of the molecule is CCN(C1=C(c2ccc(C)cc2C)C(=O)N(c2ccc(OC)cc2)C1=O)c1ccccc1. The highest BCUT2D eigenvalue weighted by Crippen LogP contribution is 2.38. The van der Waals surface area contributed by atoms with E-state index in [-0.39, 0.29) is 11.8 Å².